The lowest BCUT2D eigenvalue weighted by Gasteiger charge is -2.27. The topological polar surface area (TPSA) is 63.7 Å². The Morgan fingerprint density at radius 1 is 0.909 bits per heavy atom. The molecule has 1 heterocycles. The zero-order valence-corrected chi connectivity index (χ0v) is 18.9. The van der Waals surface area contributed by atoms with E-state index < -0.39 is 23.7 Å². The number of rotatable bonds is 8. The van der Waals surface area contributed by atoms with Crippen LogP contribution in [0.15, 0.2) is 78.9 Å². The van der Waals surface area contributed by atoms with Gasteiger partial charge in [-0.05, 0) is 55.7 Å². The van der Waals surface area contributed by atoms with Gasteiger partial charge < -0.3 is 9.64 Å². The van der Waals surface area contributed by atoms with Gasteiger partial charge in [0.1, 0.15) is 11.7 Å². The summed E-state index contributed by atoms with van der Waals surface area (Å²) in [6.45, 7) is 4.75. The number of Topliss-reactive ketones (excluding diaryl/α,β-unsaturated/α-hetero) is 2. The van der Waals surface area contributed by atoms with Crippen LogP contribution in [-0.4, -0.2) is 35.5 Å². The number of nitrogens with zero attached hydrogens (tertiary/aromatic N) is 1. The number of likely N-dealkylation sites (tertiary alicyclic amines) is 1. The van der Waals surface area contributed by atoms with Crippen LogP contribution < -0.4 is 4.74 Å². The monoisotopic (exact) mass is 441 g/mol. The predicted molar refractivity (Wildman–Crippen MR) is 126 cm³/mol. The van der Waals surface area contributed by atoms with E-state index in [4.69, 9.17) is 4.74 Å². The van der Waals surface area contributed by atoms with Crippen molar-refractivity contribution in [2.24, 2.45) is 5.92 Å². The summed E-state index contributed by atoms with van der Waals surface area (Å²) in [6, 6.07) is 23.6. The Balaban J connectivity index is 1.67. The first-order valence-corrected chi connectivity index (χ1v) is 11.2. The molecule has 1 aliphatic heterocycles. The van der Waals surface area contributed by atoms with E-state index in [2.05, 4.69) is 0 Å². The van der Waals surface area contributed by atoms with E-state index in [0.717, 1.165) is 16.7 Å². The number of ether oxygens (including phenoxy) is 1. The van der Waals surface area contributed by atoms with Crippen LogP contribution in [0, 0.1) is 12.8 Å². The van der Waals surface area contributed by atoms with Crippen molar-refractivity contribution in [1.82, 2.24) is 4.90 Å². The largest absolute Gasteiger partial charge is 0.494 e. The van der Waals surface area contributed by atoms with Crippen LogP contribution in [0.1, 0.15) is 40.0 Å². The van der Waals surface area contributed by atoms with E-state index in [1.54, 1.807) is 29.2 Å². The van der Waals surface area contributed by atoms with Crippen molar-refractivity contribution in [2.45, 2.75) is 26.3 Å². The van der Waals surface area contributed by atoms with Gasteiger partial charge in [0.15, 0.2) is 5.78 Å². The molecule has 4 rings (SSSR count). The van der Waals surface area contributed by atoms with E-state index in [9.17, 15) is 14.4 Å². The lowest BCUT2D eigenvalue weighted by Crippen LogP contribution is -2.32. The van der Waals surface area contributed by atoms with Gasteiger partial charge in [0.2, 0.25) is 5.78 Å². The summed E-state index contributed by atoms with van der Waals surface area (Å²) in [5.41, 5.74) is 3.32. The van der Waals surface area contributed by atoms with Gasteiger partial charge in [0, 0.05) is 12.1 Å². The molecule has 3 aromatic rings. The highest BCUT2D eigenvalue weighted by molar-refractivity contribution is 6.44. The van der Waals surface area contributed by atoms with Gasteiger partial charge >= 0.3 is 0 Å². The Hall–Kier alpha value is -3.73. The van der Waals surface area contributed by atoms with Crippen LogP contribution in [0.4, 0.5) is 0 Å². The maximum Gasteiger partial charge on any atom is 0.291 e. The minimum absolute atomic E-state index is 0.343. The molecule has 33 heavy (non-hydrogen) atoms. The number of benzene rings is 3. The fraction of sp³-hybridized carbons (Fsp3) is 0.250. The van der Waals surface area contributed by atoms with E-state index >= 15 is 0 Å². The van der Waals surface area contributed by atoms with Gasteiger partial charge in [-0.2, -0.15) is 0 Å². The molecular weight excluding hydrogens is 414 g/mol. The van der Waals surface area contributed by atoms with E-state index in [-0.39, 0.29) is 5.78 Å². The van der Waals surface area contributed by atoms with Crippen molar-refractivity contribution >= 4 is 17.5 Å². The van der Waals surface area contributed by atoms with E-state index in [1.807, 2.05) is 68.4 Å². The Morgan fingerprint density at radius 3 is 2.21 bits per heavy atom. The second-order valence-electron chi connectivity index (χ2n) is 8.25. The van der Waals surface area contributed by atoms with Gasteiger partial charge in [-0.15, -0.1) is 0 Å². The number of carbonyl (C=O) groups excluding carboxylic acids is 3. The van der Waals surface area contributed by atoms with Crippen LogP contribution >= 0.6 is 0 Å². The second kappa shape index (κ2) is 9.82. The number of amides is 1. The molecule has 0 aromatic heterocycles. The molecule has 0 saturated carbocycles. The summed E-state index contributed by atoms with van der Waals surface area (Å²) in [7, 11) is 0. The molecule has 2 unspecified atom stereocenters. The van der Waals surface area contributed by atoms with Crippen LogP contribution in [0.3, 0.4) is 0 Å². The highest BCUT2D eigenvalue weighted by Crippen LogP contribution is 2.38. The number of hydrogen-bond acceptors (Lipinski definition) is 4. The molecule has 5 heteroatoms. The minimum Gasteiger partial charge on any atom is -0.494 e. The molecule has 0 radical (unpaired) electrons. The first kappa shape index (κ1) is 22.5. The smallest absolute Gasteiger partial charge is 0.291 e. The Kier molecular flexibility index (Phi) is 6.68. The normalized spacial score (nSPS) is 17.9. The molecule has 0 spiro atoms. The number of ketones is 2. The van der Waals surface area contributed by atoms with Crippen molar-refractivity contribution in [3.05, 3.63) is 101 Å². The fourth-order valence-electron chi connectivity index (χ4n) is 4.32. The van der Waals surface area contributed by atoms with Gasteiger partial charge in [-0.3, -0.25) is 14.4 Å². The third-order valence-electron chi connectivity index (χ3n) is 6.04. The predicted octanol–water partition coefficient (Wildman–Crippen LogP) is 4.59. The lowest BCUT2D eigenvalue weighted by atomic mass is 9.86. The molecule has 1 saturated heterocycles. The van der Waals surface area contributed by atoms with Gasteiger partial charge in [-0.1, -0.05) is 60.2 Å². The maximum atomic E-state index is 13.5. The second-order valence-corrected chi connectivity index (χ2v) is 8.25. The molecule has 1 aliphatic rings. The highest BCUT2D eigenvalue weighted by Gasteiger charge is 2.51. The van der Waals surface area contributed by atoms with E-state index in [1.165, 1.54) is 0 Å². The Bertz CT molecular complexity index is 1140. The molecule has 0 aliphatic carbocycles. The lowest BCUT2D eigenvalue weighted by molar-refractivity contribution is -0.140. The van der Waals surface area contributed by atoms with Gasteiger partial charge in [0.25, 0.3) is 5.91 Å². The molecule has 3 aromatic carbocycles. The van der Waals surface area contributed by atoms with Crippen molar-refractivity contribution in [1.29, 1.82) is 0 Å². The molecule has 0 N–H and O–H groups in total. The molecule has 5 nitrogen and oxygen atoms in total. The summed E-state index contributed by atoms with van der Waals surface area (Å²) in [6.07, 6.45) is 0.603. The molecular formula is C28H27NO4. The average molecular weight is 442 g/mol. The number of aryl methyl sites for hydroxylation is 1. The van der Waals surface area contributed by atoms with Crippen LogP contribution in [0.5, 0.6) is 5.75 Å². The van der Waals surface area contributed by atoms with E-state index in [0.29, 0.717) is 30.9 Å². The summed E-state index contributed by atoms with van der Waals surface area (Å²) >= 11 is 0. The van der Waals surface area contributed by atoms with Crippen molar-refractivity contribution < 1.29 is 19.1 Å². The van der Waals surface area contributed by atoms with Gasteiger partial charge in [0.05, 0.1) is 12.6 Å². The van der Waals surface area contributed by atoms with Crippen LogP contribution in [0.2, 0.25) is 0 Å². The summed E-state index contributed by atoms with van der Waals surface area (Å²) in [5.74, 6) is -2.01. The van der Waals surface area contributed by atoms with Crippen molar-refractivity contribution in [2.75, 3.05) is 13.2 Å². The van der Waals surface area contributed by atoms with Crippen LogP contribution in [-0.2, 0) is 16.0 Å². The standard InChI is InChI=1S/C28H27NO4/c1-3-33-23-15-13-22(14-16-23)26(30)24-25(21-11-9-19(2)10-12-21)29(28(32)27(24)31)18-17-20-7-5-4-6-8-20/h4-16,24-25H,3,17-18H2,1-2H3. The summed E-state index contributed by atoms with van der Waals surface area (Å²) in [4.78, 5) is 41.3. The van der Waals surface area contributed by atoms with Gasteiger partial charge in [-0.25, -0.2) is 0 Å². The quantitative estimate of drug-likeness (QED) is 0.291. The molecule has 1 amide bonds. The first-order valence-electron chi connectivity index (χ1n) is 11.2. The Labute approximate surface area is 194 Å². The summed E-state index contributed by atoms with van der Waals surface area (Å²) < 4.78 is 5.46. The zero-order valence-electron chi connectivity index (χ0n) is 18.9. The first-order chi connectivity index (χ1) is 16.0. The SMILES string of the molecule is CCOc1ccc(C(=O)C2C(=O)C(=O)N(CCc3ccccc3)C2c2ccc(C)cc2)cc1. The maximum absolute atomic E-state index is 13.5. The summed E-state index contributed by atoms with van der Waals surface area (Å²) in [5, 5.41) is 0. The average Bonchev–Trinajstić information content (AvgIpc) is 3.09. The molecule has 2 atom stereocenters. The molecule has 168 valence electrons. The highest BCUT2D eigenvalue weighted by atomic mass is 16.5. The Morgan fingerprint density at radius 2 is 1.58 bits per heavy atom. The number of carbonyl (C=O) groups is 3. The van der Waals surface area contributed by atoms with Crippen molar-refractivity contribution in [3.63, 3.8) is 0 Å². The molecule has 1 fully saturated rings. The fourth-order valence-corrected chi connectivity index (χ4v) is 4.32. The minimum atomic E-state index is -1.08. The third-order valence-corrected chi connectivity index (χ3v) is 6.04. The van der Waals surface area contributed by atoms with Crippen molar-refractivity contribution in [3.8, 4) is 5.75 Å². The zero-order chi connectivity index (χ0) is 23.4. The third kappa shape index (κ3) is 4.72. The molecule has 0 bridgehead atoms. The number of hydrogen-bond donors (Lipinski definition) is 0. The van der Waals surface area contributed by atoms with Crippen LogP contribution in [0.25, 0.3) is 0 Å².